The fourth-order valence-corrected chi connectivity index (χ4v) is 1.30. The standard InChI is InChI=1S/C8H6BrF4N/c9-5-4(10)2-1-3(6(5)11)7(14)8(12)13/h1-2,7-8H,14H2. The lowest BCUT2D eigenvalue weighted by Gasteiger charge is -2.12. The van der Waals surface area contributed by atoms with E-state index in [1.807, 2.05) is 0 Å². The number of hydrogen-bond donors (Lipinski definition) is 1. The molecule has 1 unspecified atom stereocenters. The lowest BCUT2D eigenvalue weighted by molar-refractivity contribution is 0.114. The zero-order chi connectivity index (χ0) is 10.9. The molecule has 78 valence electrons. The summed E-state index contributed by atoms with van der Waals surface area (Å²) in [6.07, 6.45) is -2.89. The topological polar surface area (TPSA) is 26.0 Å². The molecule has 2 N–H and O–H groups in total. The van der Waals surface area contributed by atoms with Gasteiger partial charge in [0.25, 0.3) is 6.43 Å². The van der Waals surface area contributed by atoms with Crippen LogP contribution in [0.15, 0.2) is 16.6 Å². The average Bonchev–Trinajstić information content (AvgIpc) is 2.13. The van der Waals surface area contributed by atoms with E-state index in [4.69, 9.17) is 5.73 Å². The van der Waals surface area contributed by atoms with Gasteiger partial charge >= 0.3 is 0 Å². The Labute approximate surface area is 86.0 Å². The lowest BCUT2D eigenvalue weighted by atomic mass is 10.1. The fourth-order valence-electron chi connectivity index (χ4n) is 0.934. The van der Waals surface area contributed by atoms with Gasteiger partial charge in [0.15, 0.2) is 0 Å². The predicted molar refractivity (Wildman–Crippen MR) is 47.0 cm³/mol. The molecule has 0 aliphatic carbocycles. The number of hydrogen-bond acceptors (Lipinski definition) is 1. The summed E-state index contributed by atoms with van der Waals surface area (Å²) in [6, 6.07) is 0.0451. The van der Waals surface area contributed by atoms with Gasteiger partial charge in [-0.05, 0) is 22.0 Å². The van der Waals surface area contributed by atoms with Crippen LogP contribution in [0.4, 0.5) is 17.6 Å². The van der Waals surface area contributed by atoms with E-state index >= 15 is 0 Å². The number of alkyl halides is 2. The normalized spacial score (nSPS) is 13.4. The third-order valence-corrected chi connectivity index (χ3v) is 2.42. The summed E-state index contributed by atoms with van der Waals surface area (Å²) >= 11 is 2.60. The van der Waals surface area contributed by atoms with Gasteiger partial charge in [-0.15, -0.1) is 0 Å². The third-order valence-electron chi connectivity index (χ3n) is 1.70. The SMILES string of the molecule is NC(c1ccc(F)c(Br)c1F)C(F)F. The molecule has 1 aromatic carbocycles. The van der Waals surface area contributed by atoms with Gasteiger partial charge < -0.3 is 5.73 Å². The maximum atomic E-state index is 13.2. The number of nitrogens with two attached hydrogens (primary N) is 1. The Balaban J connectivity index is 3.17. The van der Waals surface area contributed by atoms with Crippen LogP contribution >= 0.6 is 15.9 Å². The van der Waals surface area contributed by atoms with Crippen LogP contribution in [-0.4, -0.2) is 6.43 Å². The molecule has 0 saturated carbocycles. The van der Waals surface area contributed by atoms with Crippen LogP contribution in [0, 0.1) is 11.6 Å². The summed E-state index contributed by atoms with van der Waals surface area (Å²) < 4.78 is 49.7. The van der Waals surface area contributed by atoms with Crippen LogP contribution in [0.1, 0.15) is 11.6 Å². The molecule has 14 heavy (non-hydrogen) atoms. The molecule has 1 rings (SSSR count). The van der Waals surface area contributed by atoms with Crippen LogP contribution < -0.4 is 5.73 Å². The van der Waals surface area contributed by atoms with Crippen molar-refractivity contribution < 1.29 is 17.6 Å². The Morgan fingerprint density at radius 3 is 2.29 bits per heavy atom. The lowest BCUT2D eigenvalue weighted by Crippen LogP contribution is -2.20. The highest BCUT2D eigenvalue weighted by atomic mass is 79.9. The van der Waals surface area contributed by atoms with Gasteiger partial charge in [0, 0.05) is 5.56 Å². The van der Waals surface area contributed by atoms with E-state index in [0.717, 1.165) is 12.1 Å². The van der Waals surface area contributed by atoms with Gasteiger partial charge in [0.1, 0.15) is 11.6 Å². The minimum absolute atomic E-state index is 0.409. The van der Waals surface area contributed by atoms with E-state index in [1.54, 1.807) is 0 Å². The van der Waals surface area contributed by atoms with Gasteiger partial charge in [-0.1, -0.05) is 6.07 Å². The van der Waals surface area contributed by atoms with Gasteiger partial charge in [0.05, 0.1) is 10.5 Å². The molecule has 6 heteroatoms. The molecule has 1 nitrogen and oxygen atoms in total. The monoisotopic (exact) mass is 271 g/mol. The second kappa shape index (κ2) is 4.27. The van der Waals surface area contributed by atoms with Crippen molar-refractivity contribution in [3.05, 3.63) is 33.8 Å². The predicted octanol–water partition coefficient (Wildman–Crippen LogP) is 2.99. The van der Waals surface area contributed by atoms with Gasteiger partial charge in [-0.2, -0.15) is 0 Å². The second-order valence-corrected chi connectivity index (χ2v) is 3.42. The third kappa shape index (κ3) is 2.06. The minimum Gasteiger partial charge on any atom is -0.319 e. The molecule has 0 aliphatic heterocycles. The quantitative estimate of drug-likeness (QED) is 0.650. The first kappa shape index (κ1) is 11.5. The maximum absolute atomic E-state index is 13.2. The number of rotatable bonds is 2. The van der Waals surface area contributed by atoms with Crippen LogP contribution in [0.5, 0.6) is 0 Å². The van der Waals surface area contributed by atoms with Gasteiger partial charge in [0.2, 0.25) is 0 Å². The summed E-state index contributed by atoms with van der Waals surface area (Å²) in [4.78, 5) is 0. The molecule has 1 aromatic rings. The first-order valence-corrected chi connectivity index (χ1v) is 4.41. The van der Waals surface area contributed by atoms with Crippen molar-refractivity contribution in [2.75, 3.05) is 0 Å². The summed E-state index contributed by atoms with van der Waals surface area (Å²) in [5.41, 5.74) is 4.62. The second-order valence-electron chi connectivity index (χ2n) is 2.62. The largest absolute Gasteiger partial charge is 0.319 e. The van der Waals surface area contributed by atoms with Crippen molar-refractivity contribution in [2.45, 2.75) is 12.5 Å². The summed E-state index contributed by atoms with van der Waals surface area (Å²) in [6.45, 7) is 0. The van der Waals surface area contributed by atoms with E-state index in [-0.39, 0.29) is 0 Å². The molecule has 0 saturated heterocycles. The highest BCUT2D eigenvalue weighted by Gasteiger charge is 2.23. The smallest absolute Gasteiger partial charge is 0.257 e. The van der Waals surface area contributed by atoms with Crippen LogP contribution in [0.2, 0.25) is 0 Å². The molecular formula is C8H6BrF4N. The van der Waals surface area contributed by atoms with E-state index in [1.165, 1.54) is 0 Å². The molecule has 0 radical (unpaired) electrons. The maximum Gasteiger partial charge on any atom is 0.257 e. The summed E-state index contributed by atoms with van der Waals surface area (Å²) in [5.74, 6) is -1.94. The molecule has 0 fully saturated rings. The Morgan fingerprint density at radius 2 is 1.79 bits per heavy atom. The number of benzene rings is 1. The van der Waals surface area contributed by atoms with Crippen LogP contribution in [0.3, 0.4) is 0 Å². The van der Waals surface area contributed by atoms with Crippen molar-refractivity contribution in [3.63, 3.8) is 0 Å². The van der Waals surface area contributed by atoms with Crippen molar-refractivity contribution in [1.82, 2.24) is 0 Å². The van der Waals surface area contributed by atoms with Crippen molar-refractivity contribution in [2.24, 2.45) is 5.73 Å². The molecule has 0 aromatic heterocycles. The molecular weight excluding hydrogens is 266 g/mol. The summed E-state index contributed by atoms with van der Waals surface area (Å²) in [5, 5.41) is 0. The molecule has 0 bridgehead atoms. The molecule has 0 aliphatic rings. The fraction of sp³-hybridized carbons (Fsp3) is 0.250. The Kier molecular flexibility index (Phi) is 3.49. The first-order chi connectivity index (χ1) is 6.45. The molecule has 0 heterocycles. The van der Waals surface area contributed by atoms with E-state index < -0.39 is 34.1 Å². The van der Waals surface area contributed by atoms with Gasteiger partial charge in [-0.3, -0.25) is 0 Å². The molecule has 0 spiro atoms. The highest BCUT2D eigenvalue weighted by molar-refractivity contribution is 9.10. The van der Waals surface area contributed by atoms with Crippen molar-refractivity contribution in [1.29, 1.82) is 0 Å². The van der Waals surface area contributed by atoms with Gasteiger partial charge in [-0.25, -0.2) is 17.6 Å². The van der Waals surface area contributed by atoms with E-state index in [2.05, 4.69) is 15.9 Å². The van der Waals surface area contributed by atoms with Crippen LogP contribution in [-0.2, 0) is 0 Å². The zero-order valence-electron chi connectivity index (χ0n) is 6.78. The van der Waals surface area contributed by atoms with E-state index in [9.17, 15) is 17.6 Å². The van der Waals surface area contributed by atoms with Crippen molar-refractivity contribution in [3.8, 4) is 0 Å². The number of halogens is 5. The molecule has 1 atom stereocenters. The van der Waals surface area contributed by atoms with Crippen molar-refractivity contribution >= 4 is 15.9 Å². The zero-order valence-corrected chi connectivity index (χ0v) is 8.36. The first-order valence-electron chi connectivity index (χ1n) is 3.62. The van der Waals surface area contributed by atoms with E-state index in [0.29, 0.717) is 0 Å². The minimum atomic E-state index is -2.89. The Morgan fingerprint density at radius 1 is 1.21 bits per heavy atom. The summed E-state index contributed by atoms with van der Waals surface area (Å²) in [7, 11) is 0. The Bertz CT molecular complexity index is 342. The highest BCUT2D eigenvalue weighted by Crippen LogP contribution is 2.27. The molecule has 0 amide bonds. The Hall–Kier alpha value is -0.620. The average molecular weight is 272 g/mol. The van der Waals surface area contributed by atoms with Crippen LogP contribution in [0.25, 0.3) is 0 Å².